The van der Waals surface area contributed by atoms with E-state index in [1.807, 2.05) is 0 Å². The molecule has 0 aliphatic carbocycles. The summed E-state index contributed by atoms with van der Waals surface area (Å²) in [5.74, 6) is -0.893. The second kappa shape index (κ2) is 8.82. The minimum atomic E-state index is -5.00. The van der Waals surface area contributed by atoms with Crippen molar-refractivity contribution in [1.82, 2.24) is 30.2 Å². The molecule has 15 heteroatoms. The number of alkyl halides is 6. The highest BCUT2D eigenvalue weighted by atomic mass is 35.5. The summed E-state index contributed by atoms with van der Waals surface area (Å²) in [5.41, 5.74) is 1.21. The van der Waals surface area contributed by atoms with E-state index in [0.29, 0.717) is 12.1 Å². The van der Waals surface area contributed by atoms with Gasteiger partial charge in [-0.15, -0.1) is 5.10 Å². The van der Waals surface area contributed by atoms with Crippen molar-refractivity contribution in [1.29, 1.82) is 0 Å². The third-order valence-corrected chi connectivity index (χ3v) is 3.89. The molecule has 1 aromatic carbocycles. The number of hydrogen-bond donors (Lipinski definition) is 2. The van der Waals surface area contributed by atoms with Gasteiger partial charge in [-0.05, 0) is 18.2 Å². The second-order valence-electron chi connectivity index (χ2n) is 6.00. The van der Waals surface area contributed by atoms with E-state index in [0.717, 1.165) is 29.6 Å². The first-order valence-electron chi connectivity index (χ1n) is 8.34. The van der Waals surface area contributed by atoms with Crippen molar-refractivity contribution in [2.75, 3.05) is 5.43 Å². The number of nitrogens with one attached hydrogen (secondary N) is 2. The number of rotatable bonds is 5. The molecule has 1 amide bonds. The molecule has 0 unspecified atom stereocenters. The molecule has 3 aromatic rings. The molecule has 32 heavy (non-hydrogen) atoms. The Bertz CT molecular complexity index is 1130. The average Bonchev–Trinajstić information content (AvgIpc) is 3.18. The van der Waals surface area contributed by atoms with Crippen LogP contribution in [0.5, 0.6) is 0 Å². The van der Waals surface area contributed by atoms with Crippen LogP contribution >= 0.6 is 11.6 Å². The summed E-state index contributed by atoms with van der Waals surface area (Å²) in [7, 11) is 0. The molecule has 2 aromatic heterocycles. The van der Waals surface area contributed by atoms with Gasteiger partial charge >= 0.3 is 12.4 Å². The number of aromatic nitrogens is 5. The maximum atomic E-state index is 13.0. The summed E-state index contributed by atoms with van der Waals surface area (Å²) in [6, 6.07) is 2.34. The van der Waals surface area contributed by atoms with Crippen molar-refractivity contribution in [3.8, 4) is 11.4 Å². The van der Waals surface area contributed by atoms with Gasteiger partial charge < -0.3 is 0 Å². The predicted octanol–water partition coefficient (Wildman–Crippen LogP) is 4.04. The van der Waals surface area contributed by atoms with Crippen LogP contribution in [0.3, 0.4) is 0 Å². The number of carbonyl (C=O) groups is 1. The van der Waals surface area contributed by atoms with E-state index in [1.165, 1.54) is 6.07 Å². The summed E-state index contributed by atoms with van der Waals surface area (Å²) in [5, 5.41) is 3.90. The van der Waals surface area contributed by atoms with Crippen LogP contribution in [0, 0.1) is 0 Å². The van der Waals surface area contributed by atoms with Gasteiger partial charge in [0.05, 0.1) is 11.1 Å². The molecule has 3 rings (SSSR count). The van der Waals surface area contributed by atoms with Gasteiger partial charge in [-0.25, -0.2) is 19.6 Å². The predicted molar refractivity (Wildman–Crippen MR) is 99.6 cm³/mol. The SMILES string of the molecule is O=C(C=Cn1cnc(-c2cc(C(F)(F)F)cc(C(F)(F)F)c2)n1)NNc1cc(Cl)ncn1. The van der Waals surface area contributed by atoms with E-state index in [2.05, 4.69) is 30.9 Å². The van der Waals surface area contributed by atoms with Crippen molar-refractivity contribution in [3.05, 3.63) is 59.3 Å². The monoisotopic (exact) mass is 477 g/mol. The summed E-state index contributed by atoms with van der Waals surface area (Å²) in [4.78, 5) is 22.9. The molecule has 0 atom stereocenters. The van der Waals surface area contributed by atoms with Crippen LogP contribution in [-0.4, -0.2) is 30.6 Å². The molecule has 0 saturated heterocycles. The molecule has 168 valence electrons. The van der Waals surface area contributed by atoms with Crippen LogP contribution in [0.1, 0.15) is 11.1 Å². The van der Waals surface area contributed by atoms with E-state index >= 15 is 0 Å². The Hall–Kier alpha value is -3.68. The third-order valence-electron chi connectivity index (χ3n) is 3.68. The summed E-state index contributed by atoms with van der Waals surface area (Å²) in [6.07, 6.45) is -5.79. The van der Waals surface area contributed by atoms with E-state index in [-0.39, 0.29) is 17.0 Å². The Labute approximate surface area is 179 Å². The minimum absolute atomic E-state index is 0.00255. The molecule has 0 fully saturated rings. The lowest BCUT2D eigenvalue weighted by Crippen LogP contribution is -2.28. The molecule has 0 aliphatic heterocycles. The molecule has 0 bridgehead atoms. The summed E-state index contributed by atoms with van der Waals surface area (Å²) >= 11 is 5.66. The lowest BCUT2D eigenvalue weighted by Gasteiger charge is -2.13. The fourth-order valence-corrected chi connectivity index (χ4v) is 2.42. The Morgan fingerprint density at radius 3 is 2.22 bits per heavy atom. The number of carbonyl (C=O) groups excluding carboxylic acids is 1. The van der Waals surface area contributed by atoms with E-state index < -0.39 is 40.8 Å². The van der Waals surface area contributed by atoms with Crippen LogP contribution in [0.15, 0.2) is 43.0 Å². The van der Waals surface area contributed by atoms with Gasteiger partial charge in [-0.2, -0.15) is 26.3 Å². The van der Waals surface area contributed by atoms with Crippen molar-refractivity contribution in [2.45, 2.75) is 12.4 Å². The smallest absolute Gasteiger partial charge is 0.281 e. The van der Waals surface area contributed by atoms with Crippen LogP contribution in [0.25, 0.3) is 17.6 Å². The van der Waals surface area contributed by atoms with Gasteiger partial charge in [0.25, 0.3) is 5.91 Å². The van der Waals surface area contributed by atoms with E-state index in [9.17, 15) is 31.1 Å². The number of anilines is 1. The van der Waals surface area contributed by atoms with Crippen LogP contribution in [-0.2, 0) is 17.1 Å². The molecular weight excluding hydrogens is 468 g/mol. The zero-order valence-electron chi connectivity index (χ0n) is 15.4. The van der Waals surface area contributed by atoms with Crippen LogP contribution < -0.4 is 10.9 Å². The highest BCUT2D eigenvalue weighted by molar-refractivity contribution is 6.29. The van der Waals surface area contributed by atoms with E-state index in [1.54, 1.807) is 0 Å². The number of hydrogen-bond acceptors (Lipinski definition) is 6. The molecule has 8 nitrogen and oxygen atoms in total. The largest absolute Gasteiger partial charge is 0.416 e. The minimum Gasteiger partial charge on any atom is -0.281 e. The van der Waals surface area contributed by atoms with E-state index in [4.69, 9.17) is 11.6 Å². The number of nitrogens with zero attached hydrogens (tertiary/aromatic N) is 5. The molecule has 0 spiro atoms. The van der Waals surface area contributed by atoms with Crippen molar-refractivity contribution >= 4 is 29.5 Å². The molecule has 2 heterocycles. The number of benzene rings is 1. The Morgan fingerprint density at radius 2 is 1.62 bits per heavy atom. The maximum absolute atomic E-state index is 13.0. The Morgan fingerprint density at radius 1 is 0.969 bits per heavy atom. The van der Waals surface area contributed by atoms with Crippen molar-refractivity contribution in [3.63, 3.8) is 0 Å². The highest BCUT2D eigenvalue weighted by Crippen LogP contribution is 2.38. The van der Waals surface area contributed by atoms with Crippen molar-refractivity contribution < 1.29 is 31.1 Å². The fraction of sp³-hybridized carbons (Fsp3) is 0.118. The van der Waals surface area contributed by atoms with Crippen LogP contribution in [0.2, 0.25) is 5.15 Å². The topological polar surface area (TPSA) is 97.6 Å². The first-order valence-corrected chi connectivity index (χ1v) is 8.72. The van der Waals surface area contributed by atoms with Gasteiger partial charge in [0.15, 0.2) is 5.82 Å². The Balaban J connectivity index is 1.75. The van der Waals surface area contributed by atoms with Gasteiger partial charge in [-0.3, -0.25) is 15.6 Å². The summed E-state index contributed by atoms with van der Waals surface area (Å²) in [6.45, 7) is 0. The first-order chi connectivity index (χ1) is 14.9. The lowest BCUT2D eigenvalue weighted by atomic mass is 10.0. The Kier molecular flexibility index (Phi) is 6.34. The quantitative estimate of drug-likeness (QED) is 0.249. The van der Waals surface area contributed by atoms with Crippen LogP contribution in [0.4, 0.5) is 32.2 Å². The zero-order valence-corrected chi connectivity index (χ0v) is 16.2. The van der Waals surface area contributed by atoms with Gasteiger partial charge in [0.1, 0.15) is 23.6 Å². The average molecular weight is 478 g/mol. The van der Waals surface area contributed by atoms with Gasteiger partial charge in [0.2, 0.25) is 0 Å². The molecular formula is C17H10ClF6N7O. The standard InChI is InChI=1S/C17H10ClF6N7O/c18-12-6-13(26-7-25-12)28-29-14(32)1-2-31-8-27-15(30-31)9-3-10(16(19,20)21)5-11(4-9)17(22,23)24/h1-8H,(H,29,32)(H,25,26,28). The number of amides is 1. The molecule has 0 saturated carbocycles. The molecule has 0 radical (unpaired) electrons. The molecule has 0 aliphatic rings. The van der Waals surface area contributed by atoms with Gasteiger partial charge in [-0.1, -0.05) is 11.6 Å². The second-order valence-corrected chi connectivity index (χ2v) is 6.39. The normalized spacial score (nSPS) is 12.2. The highest BCUT2D eigenvalue weighted by Gasteiger charge is 2.37. The maximum Gasteiger partial charge on any atom is 0.416 e. The fourth-order valence-electron chi connectivity index (χ4n) is 2.28. The third kappa shape index (κ3) is 5.94. The summed E-state index contributed by atoms with van der Waals surface area (Å²) < 4.78 is 78.9. The molecule has 2 N–H and O–H groups in total. The lowest BCUT2D eigenvalue weighted by molar-refractivity contribution is -0.143. The number of hydrazine groups is 1. The number of halogens is 7. The zero-order chi connectivity index (χ0) is 23.5. The first kappa shape index (κ1) is 23.0. The van der Waals surface area contributed by atoms with Gasteiger partial charge in [0, 0.05) is 23.9 Å². The van der Waals surface area contributed by atoms with Crippen molar-refractivity contribution in [2.24, 2.45) is 0 Å².